The van der Waals surface area contributed by atoms with E-state index >= 15 is 0 Å². The fraction of sp³-hybridized carbons (Fsp3) is 0.538. The van der Waals surface area contributed by atoms with Crippen LogP contribution < -0.4 is 24.4 Å². The predicted molar refractivity (Wildman–Crippen MR) is 124 cm³/mol. The number of hydrogen-bond donors (Lipinski definition) is 2. The van der Waals surface area contributed by atoms with Crippen LogP contribution in [0.4, 0.5) is 0 Å². The van der Waals surface area contributed by atoms with E-state index in [1.165, 1.54) is 30.5 Å². The number of ether oxygens (including phenoxy) is 3. The van der Waals surface area contributed by atoms with Gasteiger partial charge in [0.15, 0.2) is 11.5 Å². The van der Waals surface area contributed by atoms with Crippen molar-refractivity contribution >= 4 is 0 Å². The van der Waals surface area contributed by atoms with Gasteiger partial charge in [-0.25, -0.2) is 0 Å². The molecule has 0 spiro atoms. The standard InChI is InChI=1S/C26H38N2O3/c1-19-18-28(3)20(2)16-26(19,22-8-10-23(29-4)11-9-22)13-14-27-17-21-7-12-24(30-5)25(15-21)31-6/h7-12,15,19-20,27H,13-14,16-18H2,1-6H3/p+2/t19-,20-,26+/m1/s1. The van der Waals surface area contributed by atoms with E-state index in [1.54, 1.807) is 26.2 Å². The molecule has 1 fully saturated rings. The molecule has 5 heteroatoms. The first-order valence-corrected chi connectivity index (χ1v) is 11.4. The Hall–Kier alpha value is -2.24. The van der Waals surface area contributed by atoms with Crippen LogP contribution in [0.1, 0.15) is 37.8 Å². The number of nitrogens with one attached hydrogen (secondary N) is 1. The van der Waals surface area contributed by atoms with Crippen LogP contribution in [0.3, 0.4) is 0 Å². The molecular weight excluding hydrogens is 388 g/mol. The minimum absolute atomic E-state index is 0.208. The summed E-state index contributed by atoms with van der Waals surface area (Å²) in [6.07, 6.45) is 2.39. The van der Waals surface area contributed by atoms with Crippen LogP contribution in [-0.2, 0) is 12.0 Å². The average molecular weight is 429 g/mol. The number of benzene rings is 2. The normalized spacial score (nSPS) is 25.8. The summed E-state index contributed by atoms with van der Waals surface area (Å²) in [5, 5.41) is 2.43. The van der Waals surface area contributed by atoms with E-state index in [-0.39, 0.29) is 5.41 Å². The smallest absolute Gasteiger partial charge is 0.161 e. The first-order chi connectivity index (χ1) is 14.9. The second kappa shape index (κ2) is 10.4. The third-order valence-corrected chi connectivity index (χ3v) is 7.37. The molecule has 1 aliphatic rings. The van der Waals surface area contributed by atoms with Gasteiger partial charge in [-0.3, -0.25) is 0 Å². The third kappa shape index (κ3) is 5.16. The van der Waals surface area contributed by atoms with Crippen molar-refractivity contribution in [2.45, 2.75) is 44.7 Å². The minimum atomic E-state index is 0.208. The molecule has 1 saturated heterocycles. The largest absolute Gasteiger partial charge is 0.497 e. The van der Waals surface area contributed by atoms with Gasteiger partial charge in [0.2, 0.25) is 0 Å². The van der Waals surface area contributed by atoms with Crippen molar-refractivity contribution in [3.8, 4) is 17.2 Å². The number of likely N-dealkylation sites (tertiary alicyclic amines) is 1. The molecule has 2 aromatic carbocycles. The van der Waals surface area contributed by atoms with Gasteiger partial charge in [-0.2, -0.15) is 0 Å². The molecule has 31 heavy (non-hydrogen) atoms. The lowest BCUT2D eigenvalue weighted by atomic mass is 9.63. The van der Waals surface area contributed by atoms with E-state index in [4.69, 9.17) is 14.2 Å². The zero-order valence-electron chi connectivity index (χ0n) is 20.0. The molecule has 0 bridgehead atoms. The monoisotopic (exact) mass is 428 g/mol. The molecule has 170 valence electrons. The first kappa shape index (κ1) is 23.4. The van der Waals surface area contributed by atoms with E-state index < -0.39 is 0 Å². The van der Waals surface area contributed by atoms with Gasteiger partial charge in [-0.1, -0.05) is 19.1 Å². The molecule has 0 aromatic heterocycles. The molecule has 1 heterocycles. The molecule has 0 aliphatic carbocycles. The predicted octanol–water partition coefficient (Wildman–Crippen LogP) is 2.05. The second-order valence-corrected chi connectivity index (χ2v) is 9.16. The number of piperidine rings is 1. The lowest BCUT2D eigenvalue weighted by Gasteiger charge is -2.47. The zero-order valence-corrected chi connectivity index (χ0v) is 20.0. The van der Waals surface area contributed by atoms with Crippen LogP contribution in [0, 0.1) is 5.92 Å². The summed E-state index contributed by atoms with van der Waals surface area (Å²) in [6, 6.07) is 15.7. The molecule has 1 aliphatic heterocycles. The molecule has 3 N–H and O–H groups in total. The van der Waals surface area contributed by atoms with E-state index in [9.17, 15) is 0 Å². The van der Waals surface area contributed by atoms with Crippen LogP contribution in [-0.4, -0.2) is 47.5 Å². The minimum Gasteiger partial charge on any atom is -0.497 e. The van der Waals surface area contributed by atoms with Crippen LogP contribution in [0.5, 0.6) is 17.2 Å². The van der Waals surface area contributed by atoms with Crippen molar-refractivity contribution in [1.29, 1.82) is 0 Å². The number of hydrogen-bond acceptors (Lipinski definition) is 3. The maximum absolute atomic E-state index is 5.46. The maximum atomic E-state index is 5.46. The summed E-state index contributed by atoms with van der Waals surface area (Å²) in [6.45, 7) is 8.08. The summed E-state index contributed by atoms with van der Waals surface area (Å²) in [7, 11) is 7.43. The summed E-state index contributed by atoms with van der Waals surface area (Å²) in [5.41, 5.74) is 2.92. The molecule has 0 radical (unpaired) electrons. The van der Waals surface area contributed by atoms with Gasteiger partial charge < -0.3 is 24.4 Å². The number of methoxy groups -OCH3 is 3. The SMILES string of the molecule is COc1ccc([C@@]2(CC[NH2+]Cc3ccc(OC)c(OC)c3)C[C@@H](C)[NH+](C)C[C@H]2C)cc1. The first-order valence-electron chi connectivity index (χ1n) is 11.4. The van der Waals surface area contributed by atoms with E-state index in [0.717, 1.165) is 30.3 Å². The van der Waals surface area contributed by atoms with E-state index in [2.05, 4.69) is 62.6 Å². The van der Waals surface area contributed by atoms with Gasteiger partial charge in [-0.15, -0.1) is 0 Å². The number of nitrogens with two attached hydrogens (primary N) is 1. The highest BCUT2D eigenvalue weighted by Gasteiger charge is 2.46. The quantitative estimate of drug-likeness (QED) is 0.601. The van der Waals surface area contributed by atoms with E-state index in [0.29, 0.717) is 12.0 Å². The van der Waals surface area contributed by atoms with Crippen molar-refractivity contribution in [1.82, 2.24) is 0 Å². The van der Waals surface area contributed by atoms with Gasteiger partial charge >= 0.3 is 0 Å². The average Bonchev–Trinajstić information content (AvgIpc) is 2.79. The lowest BCUT2D eigenvalue weighted by molar-refractivity contribution is -0.915. The Bertz CT molecular complexity index is 839. The van der Waals surface area contributed by atoms with Gasteiger partial charge in [0.05, 0.1) is 47.5 Å². The van der Waals surface area contributed by atoms with Crippen molar-refractivity contribution in [3.63, 3.8) is 0 Å². The molecule has 4 atom stereocenters. The summed E-state index contributed by atoms with van der Waals surface area (Å²) in [5.74, 6) is 3.13. The lowest BCUT2D eigenvalue weighted by Crippen LogP contribution is -3.15. The van der Waals surface area contributed by atoms with Crippen LogP contribution >= 0.6 is 0 Å². The van der Waals surface area contributed by atoms with Crippen LogP contribution in [0.25, 0.3) is 0 Å². The highest BCUT2D eigenvalue weighted by molar-refractivity contribution is 5.42. The highest BCUT2D eigenvalue weighted by Crippen LogP contribution is 2.41. The summed E-state index contributed by atoms with van der Waals surface area (Å²) >= 11 is 0. The van der Waals surface area contributed by atoms with Crippen LogP contribution in [0.2, 0.25) is 0 Å². The Kier molecular flexibility index (Phi) is 7.84. The molecule has 3 rings (SSSR count). The molecule has 1 unspecified atom stereocenters. The Labute approximate surface area is 187 Å². The van der Waals surface area contributed by atoms with Crippen molar-refractivity contribution in [3.05, 3.63) is 53.6 Å². The third-order valence-electron chi connectivity index (χ3n) is 7.37. The fourth-order valence-electron chi connectivity index (χ4n) is 5.26. The molecule has 0 amide bonds. The van der Waals surface area contributed by atoms with Gasteiger partial charge in [0, 0.05) is 29.7 Å². The summed E-state index contributed by atoms with van der Waals surface area (Å²) < 4.78 is 16.2. The van der Waals surface area contributed by atoms with Gasteiger partial charge in [0.25, 0.3) is 0 Å². The molecular formula is C26H40N2O3+2. The number of rotatable bonds is 9. The Morgan fingerprint density at radius 2 is 1.68 bits per heavy atom. The van der Waals surface area contributed by atoms with Crippen LogP contribution in [0.15, 0.2) is 42.5 Å². The maximum Gasteiger partial charge on any atom is 0.161 e. The van der Waals surface area contributed by atoms with Crippen molar-refractivity contribution in [2.24, 2.45) is 5.92 Å². The Morgan fingerprint density at radius 3 is 2.32 bits per heavy atom. The van der Waals surface area contributed by atoms with Gasteiger partial charge in [0.1, 0.15) is 12.3 Å². The van der Waals surface area contributed by atoms with Crippen molar-refractivity contribution < 1.29 is 24.4 Å². The molecule has 0 saturated carbocycles. The topological polar surface area (TPSA) is 48.7 Å². The fourth-order valence-corrected chi connectivity index (χ4v) is 5.26. The molecule has 5 nitrogen and oxygen atoms in total. The Morgan fingerprint density at radius 1 is 0.968 bits per heavy atom. The zero-order chi connectivity index (χ0) is 22.4. The second-order valence-electron chi connectivity index (χ2n) is 9.16. The molecule has 2 aromatic rings. The highest BCUT2D eigenvalue weighted by atomic mass is 16.5. The number of quaternary nitrogens is 2. The Balaban J connectivity index is 1.72. The van der Waals surface area contributed by atoms with E-state index in [1.807, 2.05) is 6.07 Å². The summed E-state index contributed by atoms with van der Waals surface area (Å²) in [4.78, 5) is 1.64. The van der Waals surface area contributed by atoms with Gasteiger partial charge in [-0.05, 0) is 42.8 Å². The van der Waals surface area contributed by atoms with Crippen molar-refractivity contribution in [2.75, 3.05) is 41.5 Å².